The first-order valence-electron chi connectivity index (χ1n) is 12.7. The highest BCUT2D eigenvalue weighted by atomic mass is 32.2. The molecule has 7 heteroatoms. The molecule has 0 unspecified atom stereocenters. The molecule has 190 valence electrons. The van der Waals surface area contributed by atoms with Crippen LogP contribution in [-0.4, -0.2) is 52.7 Å². The van der Waals surface area contributed by atoms with Crippen molar-refractivity contribution >= 4 is 46.2 Å². The average Bonchev–Trinajstić information content (AvgIpc) is 3.17. The summed E-state index contributed by atoms with van der Waals surface area (Å²) in [5.41, 5.74) is 2.33. The van der Waals surface area contributed by atoms with Crippen molar-refractivity contribution in [2.75, 3.05) is 26.7 Å². The molecule has 5 nitrogen and oxygen atoms in total. The number of methoxy groups -OCH3 is 1. The lowest BCUT2D eigenvalue weighted by Gasteiger charge is -2.32. The van der Waals surface area contributed by atoms with Crippen LogP contribution in [0.15, 0.2) is 59.5 Å². The zero-order valence-electron chi connectivity index (χ0n) is 20.9. The summed E-state index contributed by atoms with van der Waals surface area (Å²) < 4.78 is 5.79. The fourth-order valence-electron chi connectivity index (χ4n) is 4.76. The van der Waals surface area contributed by atoms with Crippen molar-refractivity contribution < 1.29 is 14.3 Å². The third-order valence-corrected chi connectivity index (χ3v) is 8.27. The van der Waals surface area contributed by atoms with E-state index in [1.54, 1.807) is 12.0 Å². The molecule has 2 aliphatic heterocycles. The Kier molecular flexibility index (Phi) is 9.59. The Bertz CT molecular complexity index is 1080. The number of hydrogen-bond donors (Lipinski definition) is 0. The quantitative estimate of drug-likeness (QED) is 0.220. The Balaban J connectivity index is 1.14. The van der Waals surface area contributed by atoms with E-state index in [2.05, 4.69) is 30.3 Å². The van der Waals surface area contributed by atoms with Gasteiger partial charge in [0.15, 0.2) is 0 Å². The molecule has 2 aromatic rings. The Hall–Kier alpha value is -2.64. The molecule has 2 saturated heterocycles. The van der Waals surface area contributed by atoms with Gasteiger partial charge in [0.2, 0.25) is 5.91 Å². The van der Waals surface area contributed by atoms with Crippen LogP contribution in [0.1, 0.15) is 49.7 Å². The fraction of sp³-hybridized carbons (Fsp3) is 0.414. The van der Waals surface area contributed by atoms with E-state index < -0.39 is 0 Å². The summed E-state index contributed by atoms with van der Waals surface area (Å²) in [5.74, 6) is 1.68. The number of thioether (sulfide) groups is 1. The molecule has 0 spiro atoms. The lowest BCUT2D eigenvalue weighted by Crippen LogP contribution is -2.38. The monoisotopic (exact) mass is 522 g/mol. The van der Waals surface area contributed by atoms with Crippen molar-refractivity contribution in [3.63, 3.8) is 0 Å². The van der Waals surface area contributed by atoms with Gasteiger partial charge in [-0.3, -0.25) is 14.5 Å². The van der Waals surface area contributed by atoms with Crippen LogP contribution in [0.25, 0.3) is 6.08 Å². The smallest absolute Gasteiger partial charge is 0.266 e. The Labute approximate surface area is 223 Å². The van der Waals surface area contributed by atoms with Gasteiger partial charge in [0.1, 0.15) is 10.1 Å². The first-order valence-corrected chi connectivity index (χ1v) is 14.0. The van der Waals surface area contributed by atoms with Crippen LogP contribution in [0.4, 0.5) is 0 Å². The molecule has 2 aromatic carbocycles. The fourth-order valence-corrected chi connectivity index (χ4v) is 6.07. The van der Waals surface area contributed by atoms with E-state index in [1.807, 2.05) is 35.2 Å². The summed E-state index contributed by atoms with van der Waals surface area (Å²) in [6.07, 6.45) is 8.33. The van der Waals surface area contributed by atoms with E-state index in [0.717, 1.165) is 62.9 Å². The first-order chi connectivity index (χ1) is 17.5. The lowest BCUT2D eigenvalue weighted by molar-refractivity contribution is -0.132. The van der Waals surface area contributed by atoms with E-state index in [0.29, 0.717) is 28.1 Å². The Morgan fingerprint density at radius 3 is 2.47 bits per heavy atom. The van der Waals surface area contributed by atoms with Gasteiger partial charge < -0.3 is 9.64 Å². The maximum absolute atomic E-state index is 12.8. The number of unbranched alkanes of at least 4 members (excludes halogenated alkanes) is 2. The van der Waals surface area contributed by atoms with Crippen LogP contribution in [0.2, 0.25) is 0 Å². The van der Waals surface area contributed by atoms with Gasteiger partial charge in [-0.05, 0) is 67.4 Å². The molecule has 2 aliphatic rings. The summed E-state index contributed by atoms with van der Waals surface area (Å²) in [6.45, 7) is 2.34. The van der Waals surface area contributed by atoms with E-state index in [1.165, 1.54) is 17.3 Å². The van der Waals surface area contributed by atoms with Crippen molar-refractivity contribution in [3.05, 3.63) is 70.6 Å². The van der Waals surface area contributed by atoms with Crippen molar-refractivity contribution in [3.8, 4) is 5.75 Å². The van der Waals surface area contributed by atoms with Crippen molar-refractivity contribution in [1.29, 1.82) is 0 Å². The molecule has 0 aliphatic carbocycles. The molecule has 0 saturated carbocycles. The molecule has 0 atom stereocenters. The number of carbonyl (C=O) groups is 2. The van der Waals surface area contributed by atoms with Gasteiger partial charge in [-0.2, -0.15) is 0 Å². The van der Waals surface area contributed by atoms with Crippen LogP contribution < -0.4 is 4.74 Å². The molecule has 0 bridgehead atoms. The molecule has 2 fully saturated rings. The second-order valence-corrected chi connectivity index (χ2v) is 11.1. The number of nitrogens with zero attached hydrogens (tertiary/aromatic N) is 2. The van der Waals surface area contributed by atoms with E-state index in [9.17, 15) is 9.59 Å². The van der Waals surface area contributed by atoms with Crippen LogP contribution in [0, 0.1) is 5.92 Å². The number of thiocarbonyl (C=S) groups is 1. The molecular formula is C29H34N2O3S2. The number of ether oxygens (including phenoxy) is 1. The highest BCUT2D eigenvalue weighted by Crippen LogP contribution is 2.33. The molecule has 2 heterocycles. The van der Waals surface area contributed by atoms with Crippen LogP contribution in [0.3, 0.4) is 0 Å². The maximum Gasteiger partial charge on any atom is 0.266 e. The maximum atomic E-state index is 12.8. The highest BCUT2D eigenvalue weighted by molar-refractivity contribution is 8.26. The molecule has 4 rings (SSSR count). The number of piperidine rings is 1. The largest absolute Gasteiger partial charge is 0.497 e. The second-order valence-electron chi connectivity index (χ2n) is 9.43. The first kappa shape index (κ1) is 26.4. The number of carbonyl (C=O) groups excluding carboxylic acids is 2. The third-order valence-electron chi connectivity index (χ3n) is 6.89. The van der Waals surface area contributed by atoms with E-state index >= 15 is 0 Å². The topological polar surface area (TPSA) is 49.9 Å². The van der Waals surface area contributed by atoms with Gasteiger partial charge in [-0.25, -0.2) is 0 Å². The van der Waals surface area contributed by atoms with Crippen LogP contribution in [-0.2, 0) is 16.0 Å². The standard InChI is InChI=1S/C29H34N2O3S2/c1-34-25-13-11-23(12-14-25)21-26-28(33)31(29(35)36-26)17-7-3-6-10-27(32)30-18-15-24(16-19-30)20-22-8-4-2-5-9-22/h2,4-5,8-9,11-14,21,24H,3,6-7,10,15-20H2,1H3/b26-21-. The Morgan fingerprint density at radius 1 is 1.06 bits per heavy atom. The van der Waals surface area contributed by atoms with Crippen LogP contribution in [0.5, 0.6) is 5.75 Å². The van der Waals surface area contributed by atoms with Gasteiger partial charge in [-0.1, -0.05) is 72.9 Å². The number of likely N-dealkylation sites (tertiary alicyclic amines) is 1. The average molecular weight is 523 g/mol. The predicted molar refractivity (Wildman–Crippen MR) is 151 cm³/mol. The molecule has 0 radical (unpaired) electrons. The second kappa shape index (κ2) is 13.1. The van der Waals surface area contributed by atoms with Crippen LogP contribution >= 0.6 is 24.0 Å². The number of hydrogen-bond acceptors (Lipinski definition) is 5. The van der Waals surface area contributed by atoms with Gasteiger partial charge in [0.25, 0.3) is 5.91 Å². The normalized spacial score (nSPS) is 17.8. The summed E-state index contributed by atoms with van der Waals surface area (Å²) in [6, 6.07) is 18.2. The minimum atomic E-state index is -0.0322. The van der Waals surface area contributed by atoms with Gasteiger partial charge in [0, 0.05) is 26.1 Å². The van der Waals surface area contributed by atoms with E-state index in [-0.39, 0.29) is 11.8 Å². The lowest BCUT2D eigenvalue weighted by atomic mass is 9.90. The zero-order chi connectivity index (χ0) is 25.3. The molecule has 0 N–H and O–H groups in total. The number of amides is 2. The van der Waals surface area contributed by atoms with Crippen molar-refractivity contribution in [1.82, 2.24) is 9.80 Å². The highest BCUT2D eigenvalue weighted by Gasteiger charge is 2.31. The summed E-state index contributed by atoms with van der Waals surface area (Å²) in [7, 11) is 1.63. The zero-order valence-corrected chi connectivity index (χ0v) is 22.5. The molecule has 0 aromatic heterocycles. The predicted octanol–water partition coefficient (Wildman–Crippen LogP) is 5.94. The Morgan fingerprint density at radius 2 is 1.78 bits per heavy atom. The molecular weight excluding hydrogens is 488 g/mol. The molecule has 36 heavy (non-hydrogen) atoms. The number of benzene rings is 2. The van der Waals surface area contributed by atoms with Crippen molar-refractivity contribution in [2.24, 2.45) is 5.92 Å². The summed E-state index contributed by atoms with van der Waals surface area (Å²) >= 11 is 6.80. The van der Waals surface area contributed by atoms with E-state index in [4.69, 9.17) is 17.0 Å². The minimum Gasteiger partial charge on any atom is -0.497 e. The minimum absolute atomic E-state index is 0.0322. The summed E-state index contributed by atoms with van der Waals surface area (Å²) in [5, 5.41) is 0. The third kappa shape index (κ3) is 7.20. The van der Waals surface area contributed by atoms with Gasteiger partial charge in [0.05, 0.1) is 12.0 Å². The summed E-state index contributed by atoms with van der Waals surface area (Å²) in [4.78, 5) is 29.9. The van der Waals surface area contributed by atoms with Gasteiger partial charge in [-0.15, -0.1) is 0 Å². The SMILES string of the molecule is COc1ccc(/C=C2\SC(=S)N(CCCCCC(=O)N3CCC(Cc4ccccc4)CC3)C2=O)cc1. The van der Waals surface area contributed by atoms with Crippen molar-refractivity contribution in [2.45, 2.75) is 44.9 Å². The number of rotatable bonds is 10. The van der Waals surface area contributed by atoms with Gasteiger partial charge >= 0.3 is 0 Å². The molecule has 2 amide bonds.